The van der Waals surface area contributed by atoms with Gasteiger partial charge in [-0.25, -0.2) is 0 Å². The average molecular weight is 235 g/mol. The fraction of sp³-hybridized carbons (Fsp3) is 0.556. The molecule has 5 heteroatoms. The van der Waals surface area contributed by atoms with E-state index in [0.717, 1.165) is 27.7 Å². The maximum Gasteiger partial charge on any atom is 0.202 e. The monoisotopic (exact) mass is 235 g/mol. The molecule has 0 aliphatic rings. The molecule has 77 valence electrons. The van der Waals surface area contributed by atoms with Crippen molar-refractivity contribution in [2.24, 2.45) is 5.41 Å². The van der Waals surface area contributed by atoms with Crippen molar-refractivity contribution in [2.75, 3.05) is 0 Å². The van der Waals surface area contributed by atoms with E-state index in [-0.39, 0.29) is 18.6 Å². The van der Waals surface area contributed by atoms with Crippen LogP contribution in [0.2, 0.25) is 0 Å². The molecule has 0 saturated heterocycles. The Labute approximate surface area is 94.3 Å². The Morgan fingerprint density at radius 2 is 0.786 bits per heavy atom. The van der Waals surface area contributed by atoms with Crippen molar-refractivity contribution >= 4 is 23.1 Å². The van der Waals surface area contributed by atoms with Gasteiger partial charge in [-0.3, -0.25) is 19.2 Å². The second-order valence-corrected chi connectivity index (χ2v) is 2.97. The molecule has 0 spiro atoms. The zero-order valence-corrected chi connectivity index (χ0v) is 9.98. The number of carbonyl (C=O) groups is 4. The van der Waals surface area contributed by atoms with Crippen LogP contribution in [-0.4, -0.2) is 23.1 Å². The van der Waals surface area contributed by atoms with Gasteiger partial charge in [0.05, 0.1) is 0 Å². The summed E-state index contributed by atoms with van der Waals surface area (Å²) < 4.78 is 0. The Balaban J connectivity index is 0. The predicted octanol–water partition coefficient (Wildman–Crippen LogP) is 0.326. The third-order valence-corrected chi connectivity index (χ3v) is 2.11. The number of hydrogen-bond acceptors (Lipinski definition) is 4. The summed E-state index contributed by atoms with van der Waals surface area (Å²) in [7, 11) is 0. The van der Waals surface area contributed by atoms with Gasteiger partial charge in [-0.1, -0.05) is 0 Å². The molecule has 0 N–H and O–H groups in total. The molecular formula is C9H12O4V. The largest absolute Gasteiger partial charge is 0.298 e. The van der Waals surface area contributed by atoms with E-state index >= 15 is 0 Å². The molecule has 1 radical (unpaired) electrons. The fourth-order valence-electron chi connectivity index (χ4n) is 1.49. The summed E-state index contributed by atoms with van der Waals surface area (Å²) in [6.45, 7) is 4.29. The van der Waals surface area contributed by atoms with Gasteiger partial charge in [0.1, 0.15) is 0 Å². The van der Waals surface area contributed by atoms with Crippen LogP contribution >= 0.6 is 0 Å². The summed E-state index contributed by atoms with van der Waals surface area (Å²) >= 11 is 0. The van der Waals surface area contributed by atoms with Gasteiger partial charge in [0, 0.05) is 18.6 Å². The minimum atomic E-state index is -2.06. The number of ketones is 4. The van der Waals surface area contributed by atoms with Crippen molar-refractivity contribution in [1.29, 1.82) is 0 Å². The molecule has 0 aromatic rings. The molecule has 0 aromatic heterocycles. The molecule has 4 nitrogen and oxygen atoms in total. The maximum absolute atomic E-state index is 11.1. The van der Waals surface area contributed by atoms with Crippen LogP contribution in [-0.2, 0) is 37.7 Å². The first-order valence-electron chi connectivity index (χ1n) is 3.82. The van der Waals surface area contributed by atoms with E-state index < -0.39 is 28.5 Å². The molecule has 0 saturated carbocycles. The smallest absolute Gasteiger partial charge is 0.202 e. The van der Waals surface area contributed by atoms with Gasteiger partial charge in [-0.2, -0.15) is 0 Å². The second kappa shape index (κ2) is 5.22. The molecular weight excluding hydrogens is 223 g/mol. The molecule has 0 unspecified atom stereocenters. The van der Waals surface area contributed by atoms with Crippen LogP contribution < -0.4 is 0 Å². The van der Waals surface area contributed by atoms with Crippen molar-refractivity contribution in [3.8, 4) is 0 Å². The average Bonchev–Trinajstić information content (AvgIpc) is 1.82. The van der Waals surface area contributed by atoms with Gasteiger partial charge >= 0.3 is 0 Å². The second-order valence-electron chi connectivity index (χ2n) is 2.97. The minimum absolute atomic E-state index is 0. The minimum Gasteiger partial charge on any atom is -0.298 e. The first-order chi connectivity index (χ1) is 5.77. The van der Waals surface area contributed by atoms with Crippen molar-refractivity contribution < 1.29 is 37.7 Å². The summed E-state index contributed by atoms with van der Waals surface area (Å²) in [5, 5.41) is 0. The molecule has 14 heavy (non-hydrogen) atoms. The van der Waals surface area contributed by atoms with Crippen LogP contribution in [0.3, 0.4) is 0 Å². The molecule has 0 atom stereocenters. The van der Waals surface area contributed by atoms with Gasteiger partial charge in [-0.05, 0) is 27.7 Å². The van der Waals surface area contributed by atoms with Gasteiger partial charge in [-0.15, -0.1) is 0 Å². The van der Waals surface area contributed by atoms with E-state index in [2.05, 4.69) is 0 Å². The molecule has 0 rings (SSSR count). The zero-order valence-electron chi connectivity index (χ0n) is 8.58. The fourth-order valence-corrected chi connectivity index (χ4v) is 1.49. The van der Waals surface area contributed by atoms with Crippen molar-refractivity contribution in [1.82, 2.24) is 0 Å². The van der Waals surface area contributed by atoms with E-state index in [1.807, 2.05) is 0 Å². The van der Waals surface area contributed by atoms with Crippen LogP contribution in [0.15, 0.2) is 0 Å². The number of carbonyl (C=O) groups excluding carboxylic acids is 4. The van der Waals surface area contributed by atoms with Gasteiger partial charge in [0.25, 0.3) is 0 Å². The summed E-state index contributed by atoms with van der Waals surface area (Å²) in [6.07, 6.45) is 0. The predicted molar refractivity (Wildman–Crippen MR) is 45.2 cm³/mol. The van der Waals surface area contributed by atoms with Crippen molar-refractivity contribution in [2.45, 2.75) is 27.7 Å². The van der Waals surface area contributed by atoms with Crippen molar-refractivity contribution in [3.63, 3.8) is 0 Å². The van der Waals surface area contributed by atoms with Crippen LogP contribution in [0.4, 0.5) is 0 Å². The summed E-state index contributed by atoms with van der Waals surface area (Å²) in [5.41, 5.74) is -2.06. The van der Waals surface area contributed by atoms with Gasteiger partial charge < -0.3 is 0 Å². The Bertz CT molecular complexity index is 232. The van der Waals surface area contributed by atoms with Gasteiger partial charge in [0.2, 0.25) is 5.41 Å². The molecule has 0 fully saturated rings. The van der Waals surface area contributed by atoms with Crippen LogP contribution in [0, 0.1) is 5.41 Å². The molecule has 0 aromatic carbocycles. The molecule has 0 heterocycles. The Morgan fingerprint density at radius 1 is 0.643 bits per heavy atom. The summed E-state index contributed by atoms with van der Waals surface area (Å²) in [5.74, 6) is -2.83. The van der Waals surface area contributed by atoms with Gasteiger partial charge in [0.15, 0.2) is 23.1 Å². The van der Waals surface area contributed by atoms with E-state index in [4.69, 9.17) is 0 Å². The third kappa shape index (κ3) is 2.19. The molecule has 0 aliphatic heterocycles. The first kappa shape index (κ1) is 15.7. The normalized spacial score (nSPS) is 10.0. The summed E-state index contributed by atoms with van der Waals surface area (Å²) in [4.78, 5) is 44.5. The Hall–Kier alpha value is -0.736. The number of rotatable bonds is 4. The molecule has 0 aliphatic carbocycles. The van der Waals surface area contributed by atoms with Crippen LogP contribution in [0.5, 0.6) is 0 Å². The quantitative estimate of drug-likeness (QED) is 0.658. The van der Waals surface area contributed by atoms with Crippen LogP contribution in [0.1, 0.15) is 27.7 Å². The molecule has 0 amide bonds. The Morgan fingerprint density at radius 3 is 0.786 bits per heavy atom. The SMILES string of the molecule is CC(=O)C(C(C)=O)(C(C)=O)C(C)=O.[V]. The Kier molecular flexibility index (Phi) is 5.86. The van der Waals surface area contributed by atoms with E-state index in [1.54, 1.807) is 0 Å². The standard InChI is InChI=1S/C9H12O4.V/c1-5(10)9(6(2)11,7(3)12)8(4)13;/h1-4H3;. The number of hydrogen-bond donors (Lipinski definition) is 0. The topological polar surface area (TPSA) is 68.3 Å². The van der Waals surface area contributed by atoms with E-state index in [1.165, 1.54) is 0 Å². The zero-order chi connectivity index (χ0) is 10.8. The van der Waals surface area contributed by atoms with E-state index in [9.17, 15) is 19.2 Å². The number of Topliss-reactive ketones (excluding diaryl/α,β-unsaturated/α-hetero) is 4. The molecule has 0 bridgehead atoms. The maximum atomic E-state index is 11.1. The van der Waals surface area contributed by atoms with Crippen molar-refractivity contribution in [3.05, 3.63) is 0 Å². The van der Waals surface area contributed by atoms with Crippen LogP contribution in [0.25, 0.3) is 0 Å². The first-order valence-corrected chi connectivity index (χ1v) is 3.82. The summed E-state index contributed by atoms with van der Waals surface area (Å²) in [6, 6.07) is 0. The third-order valence-electron chi connectivity index (χ3n) is 2.11. The van der Waals surface area contributed by atoms with E-state index in [0.29, 0.717) is 0 Å².